The summed E-state index contributed by atoms with van der Waals surface area (Å²) in [6.07, 6.45) is 0. The number of rotatable bonds is 6. The van der Waals surface area contributed by atoms with Crippen LogP contribution < -0.4 is 5.32 Å². The Balaban J connectivity index is 2.82. The highest BCUT2D eigenvalue weighted by atomic mass is 19.1. The van der Waals surface area contributed by atoms with Crippen LogP contribution in [0.15, 0.2) is 12.1 Å². The first-order valence-corrected chi connectivity index (χ1v) is 6.01. The molecule has 0 radical (unpaired) electrons. The van der Waals surface area contributed by atoms with Gasteiger partial charge in [0.15, 0.2) is 0 Å². The summed E-state index contributed by atoms with van der Waals surface area (Å²) in [5.74, 6) is -2.02. The molecule has 0 aliphatic carbocycles. The van der Waals surface area contributed by atoms with Gasteiger partial charge in [-0.15, -0.1) is 0 Å². The van der Waals surface area contributed by atoms with Crippen molar-refractivity contribution in [1.82, 2.24) is 4.90 Å². The van der Waals surface area contributed by atoms with Gasteiger partial charge in [-0.3, -0.25) is 4.79 Å². The van der Waals surface area contributed by atoms with Crippen molar-refractivity contribution in [2.75, 3.05) is 39.2 Å². The summed E-state index contributed by atoms with van der Waals surface area (Å²) in [6, 6.07) is 2.04. The van der Waals surface area contributed by atoms with Crippen LogP contribution in [0.1, 0.15) is 17.3 Å². The zero-order valence-corrected chi connectivity index (χ0v) is 11.3. The first-order chi connectivity index (χ1) is 9.01. The zero-order valence-electron chi connectivity index (χ0n) is 11.3. The van der Waals surface area contributed by atoms with Gasteiger partial charge in [-0.05, 0) is 19.1 Å². The molecule has 0 aliphatic heterocycles. The molecule has 0 spiro atoms. The van der Waals surface area contributed by atoms with Gasteiger partial charge in [0.25, 0.3) is 5.91 Å². The van der Waals surface area contributed by atoms with Crippen LogP contribution in [-0.4, -0.2) is 44.7 Å². The minimum atomic E-state index is -0.788. The molecule has 1 amide bonds. The number of hydrogen-bond donors (Lipinski definition) is 1. The maximum Gasteiger partial charge on any atom is 0.253 e. The van der Waals surface area contributed by atoms with Crippen LogP contribution in [0.5, 0.6) is 0 Å². The number of carbonyl (C=O) groups excluding carboxylic acids is 1. The molecule has 0 fully saturated rings. The van der Waals surface area contributed by atoms with E-state index in [0.717, 1.165) is 12.1 Å². The number of likely N-dealkylation sites (N-methyl/N-ethyl adjacent to an activating group) is 1. The van der Waals surface area contributed by atoms with Crippen molar-refractivity contribution < 1.29 is 18.3 Å². The van der Waals surface area contributed by atoms with Crippen molar-refractivity contribution in [3.05, 3.63) is 29.3 Å². The van der Waals surface area contributed by atoms with Crippen LogP contribution in [0.2, 0.25) is 0 Å². The van der Waals surface area contributed by atoms with Crippen molar-refractivity contribution in [2.45, 2.75) is 6.92 Å². The van der Waals surface area contributed by atoms with Crippen molar-refractivity contribution in [2.24, 2.45) is 0 Å². The number of benzene rings is 1. The molecule has 19 heavy (non-hydrogen) atoms. The summed E-state index contributed by atoms with van der Waals surface area (Å²) in [7, 11) is 2.97. The van der Waals surface area contributed by atoms with Gasteiger partial charge in [-0.25, -0.2) is 8.78 Å². The fourth-order valence-corrected chi connectivity index (χ4v) is 1.60. The van der Waals surface area contributed by atoms with Crippen molar-refractivity contribution in [3.8, 4) is 0 Å². The monoisotopic (exact) mass is 272 g/mol. The van der Waals surface area contributed by atoms with E-state index in [1.54, 1.807) is 7.05 Å². The third kappa shape index (κ3) is 3.89. The van der Waals surface area contributed by atoms with Gasteiger partial charge in [0.05, 0.1) is 6.61 Å². The Morgan fingerprint density at radius 2 is 1.95 bits per heavy atom. The molecule has 4 nitrogen and oxygen atoms in total. The lowest BCUT2D eigenvalue weighted by Crippen LogP contribution is -2.30. The molecule has 1 aromatic rings. The van der Waals surface area contributed by atoms with Crippen molar-refractivity contribution in [1.29, 1.82) is 0 Å². The van der Waals surface area contributed by atoms with E-state index in [9.17, 15) is 13.6 Å². The average molecular weight is 272 g/mol. The third-order valence-corrected chi connectivity index (χ3v) is 2.66. The number of halogens is 2. The molecule has 0 heterocycles. The fourth-order valence-electron chi connectivity index (χ4n) is 1.60. The standard InChI is InChI=1S/C13H18F2N2O2/c1-4-19-6-5-17(3)13(18)9-7-10(14)12(16-2)11(15)8-9/h7-8,16H,4-6H2,1-3H3. The molecule has 0 saturated heterocycles. The average Bonchev–Trinajstić information content (AvgIpc) is 2.37. The Hall–Kier alpha value is -1.69. The van der Waals surface area contributed by atoms with Gasteiger partial charge < -0.3 is 15.0 Å². The quantitative estimate of drug-likeness (QED) is 0.806. The summed E-state index contributed by atoms with van der Waals surface area (Å²) in [5.41, 5.74) is -0.262. The molecule has 1 N–H and O–H groups in total. The van der Waals surface area contributed by atoms with E-state index >= 15 is 0 Å². The van der Waals surface area contributed by atoms with Gasteiger partial charge in [-0.2, -0.15) is 0 Å². The smallest absolute Gasteiger partial charge is 0.253 e. The molecular weight excluding hydrogens is 254 g/mol. The van der Waals surface area contributed by atoms with E-state index in [1.165, 1.54) is 11.9 Å². The van der Waals surface area contributed by atoms with Crippen LogP contribution in [0, 0.1) is 11.6 Å². The van der Waals surface area contributed by atoms with E-state index in [1.807, 2.05) is 6.92 Å². The lowest BCUT2D eigenvalue weighted by molar-refractivity contribution is 0.0709. The third-order valence-electron chi connectivity index (χ3n) is 2.66. The van der Waals surface area contributed by atoms with E-state index < -0.39 is 17.5 Å². The molecule has 0 unspecified atom stereocenters. The van der Waals surface area contributed by atoms with Crippen LogP contribution in [-0.2, 0) is 4.74 Å². The molecule has 0 aromatic heterocycles. The molecule has 0 bridgehead atoms. The summed E-state index contributed by atoms with van der Waals surface area (Å²) in [5, 5.41) is 2.41. The Bertz CT molecular complexity index is 429. The van der Waals surface area contributed by atoms with Gasteiger partial charge in [0.2, 0.25) is 0 Å². The number of ether oxygens (including phenoxy) is 1. The van der Waals surface area contributed by atoms with E-state index in [4.69, 9.17) is 4.74 Å². The van der Waals surface area contributed by atoms with Gasteiger partial charge in [0, 0.05) is 32.8 Å². The van der Waals surface area contributed by atoms with Crippen LogP contribution in [0.3, 0.4) is 0 Å². The van der Waals surface area contributed by atoms with Crippen LogP contribution >= 0.6 is 0 Å². The first-order valence-electron chi connectivity index (χ1n) is 6.01. The zero-order chi connectivity index (χ0) is 14.4. The molecule has 0 saturated carbocycles. The van der Waals surface area contributed by atoms with E-state index in [-0.39, 0.29) is 11.3 Å². The topological polar surface area (TPSA) is 41.6 Å². The molecule has 106 valence electrons. The Morgan fingerprint density at radius 1 is 1.37 bits per heavy atom. The highest BCUT2D eigenvalue weighted by molar-refractivity contribution is 5.94. The molecule has 0 atom stereocenters. The lowest BCUT2D eigenvalue weighted by atomic mass is 10.1. The number of amides is 1. The minimum absolute atomic E-state index is 0.0204. The second-order valence-corrected chi connectivity index (χ2v) is 3.99. The lowest BCUT2D eigenvalue weighted by Gasteiger charge is -2.17. The van der Waals surface area contributed by atoms with Gasteiger partial charge in [0.1, 0.15) is 17.3 Å². The molecule has 1 rings (SSSR count). The van der Waals surface area contributed by atoms with Gasteiger partial charge in [-0.1, -0.05) is 0 Å². The predicted octanol–water partition coefficient (Wildman–Crippen LogP) is 2.12. The normalized spacial score (nSPS) is 10.4. The first kappa shape index (κ1) is 15.4. The Labute approximate surface area is 111 Å². The molecule has 0 aliphatic rings. The molecule has 6 heteroatoms. The summed E-state index contributed by atoms with van der Waals surface area (Å²) >= 11 is 0. The second-order valence-electron chi connectivity index (χ2n) is 3.99. The second kappa shape index (κ2) is 7.04. The maximum absolute atomic E-state index is 13.5. The van der Waals surface area contributed by atoms with E-state index in [0.29, 0.717) is 19.8 Å². The largest absolute Gasteiger partial charge is 0.383 e. The Morgan fingerprint density at radius 3 is 2.42 bits per heavy atom. The molecular formula is C13H18F2N2O2. The number of nitrogens with one attached hydrogen (secondary N) is 1. The summed E-state index contributed by atoms with van der Waals surface area (Å²) in [6.45, 7) is 3.16. The number of hydrogen-bond acceptors (Lipinski definition) is 3. The molecule has 1 aromatic carbocycles. The summed E-state index contributed by atoms with van der Waals surface area (Å²) in [4.78, 5) is 13.3. The van der Waals surface area contributed by atoms with Gasteiger partial charge >= 0.3 is 0 Å². The number of anilines is 1. The van der Waals surface area contributed by atoms with Crippen molar-refractivity contribution in [3.63, 3.8) is 0 Å². The van der Waals surface area contributed by atoms with E-state index in [2.05, 4.69) is 5.32 Å². The predicted molar refractivity (Wildman–Crippen MR) is 69.4 cm³/mol. The van der Waals surface area contributed by atoms with Crippen LogP contribution in [0.25, 0.3) is 0 Å². The minimum Gasteiger partial charge on any atom is -0.383 e. The van der Waals surface area contributed by atoms with Crippen LogP contribution in [0.4, 0.5) is 14.5 Å². The van der Waals surface area contributed by atoms with Crippen molar-refractivity contribution >= 4 is 11.6 Å². The number of carbonyl (C=O) groups is 1. The Kier molecular flexibility index (Phi) is 5.69. The SMILES string of the molecule is CCOCCN(C)C(=O)c1cc(F)c(NC)c(F)c1. The fraction of sp³-hybridized carbons (Fsp3) is 0.462. The number of nitrogens with zero attached hydrogens (tertiary/aromatic N) is 1. The maximum atomic E-state index is 13.5. The summed E-state index contributed by atoms with van der Waals surface area (Å²) < 4.78 is 32.2. The highest BCUT2D eigenvalue weighted by Gasteiger charge is 2.17. The highest BCUT2D eigenvalue weighted by Crippen LogP contribution is 2.20.